The fourth-order valence-electron chi connectivity index (χ4n) is 2.23. The second-order valence-corrected chi connectivity index (χ2v) is 6.49. The minimum absolute atomic E-state index is 0.302. The summed E-state index contributed by atoms with van der Waals surface area (Å²) in [7, 11) is 3.15. The quantitative estimate of drug-likeness (QED) is 0.633. The summed E-state index contributed by atoms with van der Waals surface area (Å²) in [5.41, 5.74) is 1.71. The first-order valence-corrected chi connectivity index (χ1v) is 8.86. The number of thiazole rings is 1. The highest BCUT2D eigenvalue weighted by Gasteiger charge is 2.12. The number of nitrogens with one attached hydrogen (secondary N) is 2. The molecule has 0 radical (unpaired) electrons. The van der Waals surface area contributed by atoms with Gasteiger partial charge in [0.2, 0.25) is 0 Å². The second-order valence-electron chi connectivity index (χ2n) is 5.20. The number of ether oxygens (including phenoxy) is 2. The third-order valence-corrected chi connectivity index (χ3v) is 4.45. The third kappa shape index (κ3) is 4.25. The molecule has 0 unspecified atom stereocenters. The zero-order chi connectivity index (χ0) is 18.5. The Morgan fingerprint density at radius 1 is 1.08 bits per heavy atom. The monoisotopic (exact) mass is 389 g/mol. The highest BCUT2D eigenvalue weighted by Crippen LogP contribution is 2.31. The van der Waals surface area contributed by atoms with Crippen LogP contribution in [0.25, 0.3) is 0 Å². The molecule has 3 aromatic rings. The molecule has 2 aromatic carbocycles. The maximum Gasteiger partial charge on any atom is 0.275 e. The summed E-state index contributed by atoms with van der Waals surface area (Å²) in [6.07, 6.45) is 0. The molecule has 0 saturated carbocycles. The Kier molecular flexibility index (Phi) is 5.60. The number of amides is 1. The van der Waals surface area contributed by atoms with Gasteiger partial charge in [-0.25, -0.2) is 4.98 Å². The molecule has 1 aromatic heterocycles. The van der Waals surface area contributed by atoms with Crippen molar-refractivity contribution in [1.29, 1.82) is 0 Å². The summed E-state index contributed by atoms with van der Waals surface area (Å²) in [5, 5.41) is 8.74. The average molecular weight is 390 g/mol. The lowest BCUT2D eigenvalue weighted by Crippen LogP contribution is -2.12. The number of rotatable bonds is 6. The van der Waals surface area contributed by atoms with Gasteiger partial charge in [0.25, 0.3) is 5.91 Å². The van der Waals surface area contributed by atoms with Gasteiger partial charge in [0.1, 0.15) is 5.69 Å². The van der Waals surface area contributed by atoms with Gasteiger partial charge >= 0.3 is 0 Å². The molecule has 3 rings (SSSR count). The summed E-state index contributed by atoms with van der Waals surface area (Å²) in [5.74, 6) is 0.940. The minimum Gasteiger partial charge on any atom is -0.493 e. The van der Waals surface area contributed by atoms with Crippen LogP contribution >= 0.6 is 22.9 Å². The number of anilines is 3. The largest absolute Gasteiger partial charge is 0.493 e. The van der Waals surface area contributed by atoms with Crippen molar-refractivity contribution < 1.29 is 14.3 Å². The molecule has 6 nitrogen and oxygen atoms in total. The molecule has 2 N–H and O–H groups in total. The van der Waals surface area contributed by atoms with Crippen LogP contribution in [0.1, 0.15) is 10.5 Å². The number of aromatic nitrogens is 1. The average Bonchev–Trinajstić information content (AvgIpc) is 3.10. The number of benzene rings is 2. The first-order chi connectivity index (χ1) is 12.6. The molecule has 1 amide bonds. The lowest BCUT2D eigenvalue weighted by atomic mass is 10.3. The van der Waals surface area contributed by atoms with E-state index in [0.29, 0.717) is 33.0 Å². The zero-order valence-electron chi connectivity index (χ0n) is 14.1. The number of nitrogens with zero attached hydrogens (tertiary/aromatic N) is 1. The van der Waals surface area contributed by atoms with Crippen molar-refractivity contribution in [3.8, 4) is 11.5 Å². The summed E-state index contributed by atoms with van der Waals surface area (Å²) < 4.78 is 10.5. The highest BCUT2D eigenvalue weighted by molar-refractivity contribution is 7.14. The fourth-order valence-corrected chi connectivity index (χ4v) is 3.14. The predicted molar refractivity (Wildman–Crippen MR) is 104 cm³/mol. The summed E-state index contributed by atoms with van der Waals surface area (Å²) in [6.45, 7) is 0. The molecule has 0 atom stereocenters. The van der Waals surface area contributed by atoms with Crippen LogP contribution in [-0.4, -0.2) is 25.1 Å². The lowest BCUT2D eigenvalue weighted by Gasteiger charge is -2.09. The van der Waals surface area contributed by atoms with Gasteiger partial charge in [0, 0.05) is 27.8 Å². The maximum absolute atomic E-state index is 12.3. The standard InChI is InChI=1S/C18H16ClN3O3S/c1-24-15-7-6-13(9-16(15)25-2)21-18-22-14(10-26-18)17(23)20-12-5-3-4-11(19)8-12/h3-10H,1-2H3,(H,20,23)(H,21,22). The Balaban J connectivity index is 1.70. The van der Waals surface area contributed by atoms with Crippen LogP contribution in [-0.2, 0) is 0 Å². The molecule has 0 aliphatic heterocycles. The Morgan fingerprint density at radius 2 is 1.88 bits per heavy atom. The summed E-state index contributed by atoms with van der Waals surface area (Å²) in [6, 6.07) is 12.4. The Bertz CT molecular complexity index is 930. The van der Waals surface area contributed by atoms with E-state index in [-0.39, 0.29) is 5.91 Å². The fraction of sp³-hybridized carbons (Fsp3) is 0.111. The van der Waals surface area contributed by atoms with E-state index in [2.05, 4.69) is 15.6 Å². The van der Waals surface area contributed by atoms with Gasteiger partial charge in [-0.2, -0.15) is 0 Å². The van der Waals surface area contributed by atoms with Gasteiger partial charge in [-0.05, 0) is 30.3 Å². The number of hydrogen-bond acceptors (Lipinski definition) is 6. The Hall–Kier alpha value is -2.77. The van der Waals surface area contributed by atoms with E-state index in [1.165, 1.54) is 11.3 Å². The molecule has 134 valence electrons. The Labute approximate surface area is 159 Å². The molecule has 0 bridgehead atoms. The SMILES string of the molecule is COc1ccc(Nc2nc(C(=O)Nc3cccc(Cl)c3)cs2)cc1OC. The molecule has 0 fully saturated rings. The molecule has 0 spiro atoms. The molecule has 0 saturated heterocycles. The molecule has 0 aliphatic carbocycles. The van der Waals surface area contributed by atoms with Crippen molar-refractivity contribution in [3.05, 3.63) is 58.6 Å². The molecule has 0 aliphatic rings. The van der Waals surface area contributed by atoms with Gasteiger partial charge in [-0.3, -0.25) is 4.79 Å². The van der Waals surface area contributed by atoms with E-state index >= 15 is 0 Å². The van der Waals surface area contributed by atoms with E-state index in [1.807, 2.05) is 6.07 Å². The van der Waals surface area contributed by atoms with Crippen molar-refractivity contribution in [2.75, 3.05) is 24.9 Å². The van der Waals surface area contributed by atoms with Crippen LogP contribution in [0, 0.1) is 0 Å². The van der Waals surface area contributed by atoms with Gasteiger partial charge < -0.3 is 20.1 Å². The second kappa shape index (κ2) is 8.07. The highest BCUT2D eigenvalue weighted by atomic mass is 35.5. The van der Waals surface area contributed by atoms with Crippen LogP contribution in [0.15, 0.2) is 47.8 Å². The normalized spacial score (nSPS) is 10.3. The summed E-state index contributed by atoms with van der Waals surface area (Å²) in [4.78, 5) is 16.6. The first-order valence-electron chi connectivity index (χ1n) is 7.60. The molecular formula is C18H16ClN3O3S. The number of halogens is 1. The van der Waals surface area contributed by atoms with E-state index in [4.69, 9.17) is 21.1 Å². The molecule has 8 heteroatoms. The molecule has 1 heterocycles. The lowest BCUT2D eigenvalue weighted by molar-refractivity contribution is 0.102. The van der Waals surface area contributed by atoms with Gasteiger partial charge in [-0.1, -0.05) is 17.7 Å². The van der Waals surface area contributed by atoms with Crippen LogP contribution in [0.2, 0.25) is 5.02 Å². The number of methoxy groups -OCH3 is 2. The number of carbonyl (C=O) groups excluding carboxylic acids is 1. The maximum atomic E-state index is 12.3. The minimum atomic E-state index is -0.302. The first kappa shape index (κ1) is 18.0. The van der Waals surface area contributed by atoms with Crippen molar-refractivity contribution in [1.82, 2.24) is 4.98 Å². The van der Waals surface area contributed by atoms with Gasteiger partial charge in [0.15, 0.2) is 16.6 Å². The van der Waals surface area contributed by atoms with Crippen molar-refractivity contribution >= 4 is 45.4 Å². The van der Waals surface area contributed by atoms with Crippen molar-refractivity contribution in [2.24, 2.45) is 0 Å². The Morgan fingerprint density at radius 3 is 2.62 bits per heavy atom. The molecule has 26 heavy (non-hydrogen) atoms. The van der Waals surface area contributed by atoms with Crippen LogP contribution in [0.5, 0.6) is 11.5 Å². The summed E-state index contributed by atoms with van der Waals surface area (Å²) >= 11 is 7.25. The molecular weight excluding hydrogens is 374 g/mol. The van der Waals surface area contributed by atoms with E-state index in [0.717, 1.165) is 5.69 Å². The van der Waals surface area contributed by atoms with E-state index in [1.54, 1.807) is 56.0 Å². The van der Waals surface area contributed by atoms with E-state index < -0.39 is 0 Å². The topological polar surface area (TPSA) is 72.5 Å². The smallest absolute Gasteiger partial charge is 0.275 e. The van der Waals surface area contributed by atoms with Crippen LogP contribution in [0.4, 0.5) is 16.5 Å². The van der Waals surface area contributed by atoms with Gasteiger partial charge in [0.05, 0.1) is 14.2 Å². The third-order valence-electron chi connectivity index (χ3n) is 3.45. The number of hydrogen-bond donors (Lipinski definition) is 2. The van der Waals surface area contributed by atoms with Crippen molar-refractivity contribution in [3.63, 3.8) is 0 Å². The van der Waals surface area contributed by atoms with E-state index in [9.17, 15) is 4.79 Å². The van der Waals surface area contributed by atoms with Crippen molar-refractivity contribution in [2.45, 2.75) is 0 Å². The van der Waals surface area contributed by atoms with Crippen LogP contribution < -0.4 is 20.1 Å². The van der Waals surface area contributed by atoms with Gasteiger partial charge in [-0.15, -0.1) is 11.3 Å². The zero-order valence-corrected chi connectivity index (χ0v) is 15.6. The van der Waals surface area contributed by atoms with Crippen LogP contribution in [0.3, 0.4) is 0 Å². The predicted octanol–water partition coefficient (Wildman–Crippen LogP) is 4.81. The number of carbonyl (C=O) groups is 1.